The number of nitrogens with zero attached hydrogens (tertiary/aromatic N) is 2. The minimum Gasteiger partial charge on any atom is -0.508 e. The summed E-state index contributed by atoms with van der Waals surface area (Å²) in [6, 6.07) is -15.7. The molecule has 0 saturated carbocycles. The Morgan fingerprint density at radius 1 is 0.530 bits per heavy atom. The van der Waals surface area contributed by atoms with E-state index in [1.54, 1.807) is 47.1 Å². The van der Waals surface area contributed by atoms with Gasteiger partial charge in [-0.2, -0.15) is 23.5 Å². The molecule has 28 N–H and O–H groups in total. The molecule has 1 aromatic carbocycles. The third kappa shape index (κ3) is 36.9. The molecule has 0 unspecified atom stereocenters. The number of hydrogen-bond donors (Lipinski definition) is 23. The van der Waals surface area contributed by atoms with Crippen LogP contribution in [0.15, 0.2) is 29.3 Å². The normalized spacial score (nSPS) is 16.3. The van der Waals surface area contributed by atoms with Gasteiger partial charge in [-0.15, -0.1) is 0 Å². The van der Waals surface area contributed by atoms with Crippen LogP contribution >= 0.6 is 23.5 Å². The number of aromatic hydroxyl groups is 1. The maximum atomic E-state index is 14.7. The van der Waals surface area contributed by atoms with E-state index in [0.29, 0.717) is 24.2 Å². The Kier molecular flexibility index (Phi) is 47.4. The number of aliphatic carboxylic acids is 2. The number of primary amides is 1. The Balaban J connectivity index is 2.48. The molecule has 1 aliphatic rings. The molecule has 0 bridgehead atoms. The molecule has 1 aliphatic heterocycles. The van der Waals surface area contributed by atoms with Crippen molar-refractivity contribution >= 4 is 130 Å². The lowest BCUT2D eigenvalue weighted by Crippen LogP contribution is -2.62. The van der Waals surface area contributed by atoms with Crippen molar-refractivity contribution in [3.8, 4) is 5.75 Å². The van der Waals surface area contributed by atoms with Crippen molar-refractivity contribution in [1.82, 2.24) is 74.0 Å². The minimum atomic E-state index is -2.10. The number of nitrogens with two attached hydrogens (primary N) is 5. The zero-order valence-electron chi connectivity index (χ0n) is 67.7. The summed E-state index contributed by atoms with van der Waals surface area (Å²) in [5.74, 6) is -18.8. The number of rotatable bonds is 56. The maximum Gasteiger partial charge on any atom is 0.326 e. The smallest absolute Gasteiger partial charge is 0.326 e. The Labute approximate surface area is 687 Å². The molecule has 117 heavy (non-hydrogen) atoms. The zero-order chi connectivity index (χ0) is 88.3. The van der Waals surface area contributed by atoms with E-state index in [1.165, 1.54) is 54.7 Å². The monoisotopic (exact) mass is 1690 g/mol. The number of phenols is 1. The Morgan fingerprint density at radius 3 is 1.53 bits per heavy atom. The molecule has 1 fully saturated rings. The van der Waals surface area contributed by atoms with Crippen LogP contribution < -0.4 is 97.8 Å². The maximum absolute atomic E-state index is 14.7. The third-order valence-corrected chi connectivity index (χ3v) is 20.5. The van der Waals surface area contributed by atoms with Crippen LogP contribution in [0, 0.1) is 17.8 Å². The Bertz CT molecular complexity index is 3550. The van der Waals surface area contributed by atoms with E-state index in [4.69, 9.17) is 28.7 Å². The standard InChI is InChI=1S/C73H122N20O22S2/c1-10-38(5)56(76)69(111)92-58(39(6)11-2)70(112)90-51(36-95)66(108)84-46(26-31-117-9)63(105)87-48(32-41-19-21-42(96)22-20-41)64(106)83-44(16-12-13-27-74)62(104)88-49(33-55(99)100)65(107)89-50(35-94)67(109)86-47(23-24-53(75)97)71(113)93-29-15-18-52(93)68(110)85-43(17-14-28-79-73(77)78)60(102)80-34-54(98)82-45(25-30-116-8)61(103)81-40(7)59(101)91-57(37(3)4)72(114)115/h19-22,37-40,43-52,56-58,94-96H,10-18,23-36,74,76H2,1-9H3,(H2,75,97)(H,80,102)(H,81,103)(H,82,98)(H,83,106)(H,84,108)(H,85,110)(H,86,109)(H,87,105)(H,88,104)(H,89,107)(H,90,112)(H,91,101)(H,92,111)(H,99,100)(H,114,115)(H4,77,78,79)/t38-,39-,40-,43-,44-,45-,46-,47-,48-,49-,50-,51-,52-,56-,57-,58-/m0/s1. The second kappa shape index (κ2) is 53.9. The van der Waals surface area contributed by atoms with Crippen molar-refractivity contribution in [2.75, 3.05) is 63.4 Å². The molecular weight excluding hydrogens is 1570 g/mol. The van der Waals surface area contributed by atoms with Crippen molar-refractivity contribution in [2.45, 2.75) is 229 Å². The number of aliphatic hydroxyl groups excluding tert-OH is 2. The lowest BCUT2D eigenvalue weighted by Gasteiger charge is -2.30. The summed E-state index contributed by atoms with van der Waals surface area (Å²) in [5.41, 5.74) is 28.8. The number of likely N-dealkylation sites (tertiary alicyclic amines) is 1. The highest BCUT2D eigenvalue weighted by atomic mass is 32.2. The van der Waals surface area contributed by atoms with Gasteiger partial charge in [0, 0.05) is 25.9 Å². The third-order valence-electron chi connectivity index (χ3n) is 19.2. The summed E-state index contributed by atoms with van der Waals surface area (Å²) >= 11 is 2.60. The number of amides is 15. The molecule has 42 nitrogen and oxygen atoms in total. The minimum absolute atomic E-state index is 0.0325. The summed E-state index contributed by atoms with van der Waals surface area (Å²) in [4.78, 5) is 237. The fourth-order valence-electron chi connectivity index (χ4n) is 11.8. The van der Waals surface area contributed by atoms with Gasteiger partial charge in [-0.05, 0) is 137 Å². The molecule has 2 rings (SSSR count). The van der Waals surface area contributed by atoms with Gasteiger partial charge in [0.15, 0.2) is 5.96 Å². The van der Waals surface area contributed by atoms with Crippen LogP contribution in [0.5, 0.6) is 5.75 Å². The molecule has 0 aromatic heterocycles. The molecule has 0 aliphatic carbocycles. The van der Waals surface area contributed by atoms with Gasteiger partial charge in [-0.1, -0.05) is 66.5 Å². The van der Waals surface area contributed by atoms with Crippen molar-refractivity contribution in [2.24, 2.45) is 51.4 Å². The number of aliphatic imine (C=N–C) groups is 1. The van der Waals surface area contributed by atoms with Crippen LogP contribution in [0.4, 0.5) is 0 Å². The predicted molar refractivity (Wildman–Crippen MR) is 431 cm³/mol. The lowest BCUT2D eigenvalue weighted by molar-refractivity contribution is -0.143. The van der Waals surface area contributed by atoms with Crippen molar-refractivity contribution < 1.29 is 107 Å². The summed E-state index contributed by atoms with van der Waals surface area (Å²) in [5, 5.41) is 82.6. The van der Waals surface area contributed by atoms with Gasteiger partial charge < -0.3 is 128 Å². The van der Waals surface area contributed by atoms with Gasteiger partial charge in [0.25, 0.3) is 0 Å². The van der Waals surface area contributed by atoms with E-state index in [9.17, 15) is 107 Å². The molecule has 1 heterocycles. The van der Waals surface area contributed by atoms with Crippen LogP contribution in [-0.4, -0.2) is 285 Å². The molecule has 44 heteroatoms. The average molecular weight is 1700 g/mol. The molecule has 658 valence electrons. The Hall–Kier alpha value is -10.2. The number of carbonyl (C=O) groups excluding carboxylic acids is 15. The Morgan fingerprint density at radius 2 is 1.01 bits per heavy atom. The SMILES string of the molecule is CC[C@H](C)[C@H](N)C(=O)N[C@H](C(=O)N[C@@H](CO)C(=O)N[C@@H](CCSC)C(=O)N[C@@H](Cc1ccc(O)cc1)C(=O)N[C@@H](CCCCN)C(=O)N[C@@H](CC(=O)O)C(=O)N[C@@H](CO)C(=O)N[C@@H](CCC(N)=O)C(=O)N1CCC[C@H]1C(=O)N[C@@H](CCCN=C(N)N)C(=O)NCC(=O)N[C@@H](CCSC)C(=O)N[C@@H](C)C(=O)N[C@H](C(=O)O)C(C)C)[C@@H](C)CC. The van der Waals surface area contributed by atoms with Gasteiger partial charge >= 0.3 is 11.9 Å². The topological polar surface area (TPSA) is 693 Å². The van der Waals surface area contributed by atoms with Crippen LogP contribution in [0.2, 0.25) is 0 Å². The molecular formula is C73H122N20O22S2. The second-order valence-corrected chi connectivity index (χ2v) is 30.7. The number of guanidine groups is 1. The first-order chi connectivity index (χ1) is 55.2. The quantitative estimate of drug-likeness (QED) is 0.0164. The summed E-state index contributed by atoms with van der Waals surface area (Å²) < 4.78 is 0. The van der Waals surface area contributed by atoms with Gasteiger partial charge in [0.1, 0.15) is 84.3 Å². The van der Waals surface area contributed by atoms with Gasteiger partial charge in [-0.3, -0.25) is 81.7 Å². The van der Waals surface area contributed by atoms with Crippen LogP contribution in [-0.2, 0) is 87.9 Å². The van der Waals surface area contributed by atoms with E-state index in [0.717, 1.165) is 4.90 Å². The van der Waals surface area contributed by atoms with E-state index in [2.05, 4.69) is 74.1 Å². The first kappa shape index (κ1) is 103. The highest BCUT2D eigenvalue weighted by Gasteiger charge is 2.42. The predicted octanol–water partition coefficient (Wildman–Crippen LogP) is -6.55. The number of unbranched alkanes of at least 4 members (excludes halogenated alkanes) is 1. The molecule has 1 aromatic rings. The molecule has 0 spiro atoms. The van der Waals surface area contributed by atoms with Crippen LogP contribution in [0.1, 0.15) is 144 Å². The highest BCUT2D eigenvalue weighted by molar-refractivity contribution is 7.98. The number of carbonyl (C=O) groups is 17. The van der Waals surface area contributed by atoms with Crippen molar-refractivity contribution in [3.63, 3.8) is 0 Å². The average Bonchev–Trinajstić information content (AvgIpc) is 1.56. The van der Waals surface area contributed by atoms with E-state index < -0.39 is 236 Å². The van der Waals surface area contributed by atoms with E-state index in [-0.39, 0.29) is 107 Å². The number of aliphatic hydroxyl groups is 2. The zero-order valence-corrected chi connectivity index (χ0v) is 69.3. The highest BCUT2D eigenvalue weighted by Crippen LogP contribution is 2.22. The van der Waals surface area contributed by atoms with Gasteiger partial charge in [0.05, 0.1) is 32.2 Å². The fourth-order valence-corrected chi connectivity index (χ4v) is 12.7. The van der Waals surface area contributed by atoms with Gasteiger partial charge in [0.2, 0.25) is 88.6 Å². The fraction of sp³-hybridized carbons (Fsp3) is 0.671. The molecule has 0 radical (unpaired) electrons. The van der Waals surface area contributed by atoms with Crippen molar-refractivity contribution in [1.29, 1.82) is 0 Å². The molecule has 1 saturated heterocycles. The summed E-state index contributed by atoms with van der Waals surface area (Å²) in [7, 11) is 0. The first-order valence-corrected chi connectivity index (χ1v) is 41.4. The summed E-state index contributed by atoms with van der Waals surface area (Å²) in [6.07, 6.45) is 1.87. The van der Waals surface area contributed by atoms with Crippen molar-refractivity contribution in [3.05, 3.63) is 29.8 Å². The molecule has 16 atom stereocenters. The largest absolute Gasteiger partial charge is 0.508 e. The molecule has 15 amide bonds. The van der Waals surface area contributed by atoms with E-state index >= 15 is 0 Å². The van der Waals surface area contributed by atoms with Crippen LogP contribution in [0.3, 0.4) is 0 Å². The number of carboxylic acids is 2. The second-order valence-electron chi connectivity index (χ2n) is 28.7. The number of hydrogen-bond acceptors (Lipinski definition) is 25. The first-order valence-electron chi connectivity index (χ1n) is 38.7. The van der Waals surface area contributed by atoms with E-state index in [1.807, 2.05) is 6.92 Å². The number of carboxylic acid groups (broad SMARTS) is 2. The number of phenolic OH excluding ortho intramolecular Hbond substituents is 1. The number of thioether (sulfide) groups is 2. The lowest BCUT2D eigenvalue weighted by atomic mass is 9.95. The number of benzene rings is 1. The van der Waals surface area contributed by atoms with Crippen LogP contribution in [0.25, 0.3) is 0 Å². The number of nitrogens with one attached hydrogen (secondary N) is 13. The van der Waals surface area contributed by atoms with Gasteiger partial charge in [-0.25, -0.2) is 4.79 Å². The summed E-state index contributed by atoms with van der Waals surface area (Å²) in [6.45, 7) is 8.43.